The number of carbonyl (C=O) groups is 1. The van der Waals surface area contributed by atoms with E-state index in [4.69, 9.17) is 5.73 Å². The number of hydrogen-bond donors (Lipinski definition) is 3. The molecule has 6 nitrogen and oxygen atoms in total. The molecule has 0 aliphatic carbocycles. The first kappa shape index (κ1) is 16.1. The van der Waals surface area contributed by atoms with E-state index in [2.05, 4.69) is 15.2 Å². The molecule has 0 radical (unpaired) electrons. The Kier molecular flexibility index (Phi) is 4.02. The lowest BCUT2D eigenvalue weighted by Crippen LogP contribution is -2.48. The molecule has 1 unspecified atom stereocenters. The summed E-state index contributed by atoms with van der Waals surface area (Å²) in [6, 6.07) is 4.18. The molecule has 7 heteroatoms. The summed E-state index contributed by atoms with van der Waals surface area (Å²) in [5.74, 6) is -1.53. The average molecular weight is 306 g/mol. The number of hydrogen-bond acceptors (Lipinski definition) is 4. The van der Waals surface area contributed by atoms with Gasteiger partial charge < -0.3 is 10.8 Å². The van der Waals surface area contributed by atoms with Crippen molar-refractivity contribution in [1.29, 1.82) is 0 Å². The number of rotatable bonds is 4. The van der Waals surface area contributed by atoms with Crippen molar-refractivity contribution in [2.45, 2.75) is 32.7 Å². The molecule has 0 aliphatic rings. The highest BCUT2D eigenvalue weighted by Gasteiger charge is 2.41. The SMILES string of the molecule is CC(C)(C)CC(N)(C(=O)O)c1ccc(-c2ncn[nH]2)cc1F. The maximum Gasteiger partial charge on any atom is 0.328 e. The Hall–Kier alpha value is -2.28. The van der Waals surface area contributed by atoms with Gasteiger partial charge in [0.15, 0.2) is 5.82 Å². The molecule has 0 saturated heterocycles. The summed E-state index contributed by atoms with van der Waals surface area (Å²) < 4.78 is 14.5. The van der Waals surface area contributed by atoms with Crippen molar-refractivity contribution in [3.8, 4) is 11.4 Å². The highest BCUT2D eigenvalue weighted by molar-refractivity contribution is 5.81. The third-order valence-corrected chi connectivity index (χ3v) is 3.33. The number of halogens is 1. The molecule has 2 aromatic rings. The van der Waals surface area contributed by atoms with Gasteiger partial charge in [-0.15, -0.1) is 0 Å². The molecule has 1 aromatic carbocycles. The maximum absolute atomic E-state index is 14.5. The van der Waals surface area contributed by atoms with E-state index >= 15 is 0 Å². The van der Waals surface area contributed by atoms with Crippen LogP contribution in [0.4, 0.5) is 4.39 Å². The van der Waals surface area contributed by atoms with Crippen LogP contribution in [0, 0.1) is 11.2 Å². The summed E-state index contributed by atoms with van der Waals surface area (Å²) in [5.41, 5.74) is 4.31. The molecule has 0 spiro atoms. The van der Waals surface area contributed by atoms with Gasteiger partial charge in [-0.25, -0.2) is 14.2 Å². The summed E-state index contributed by atoms with van der Waals surface area (Å²) in [6.45, 7) is 5.58. The number of aromatic nitrogens is 3. The molecule has 118 valence electrons. The minimum absolute atomic E-state index is 0.0433. The van der Waals surface area contributed by atoms with Gasteiger partial charge in [-0.2, -0.15) is 5.10 Å². The quantitative estimate of drug-likeness (QED) is 0.803. The highest BCUT2D eigenvalue weighted by Crippen LogP contribution is 2.35. The maximum atomic E-state index is 14.5. The number of carboxylic acid groups (broad SMARTS) is 1. The Morgan fingerprint density at radius 2 is 2.09 bits per heavy atom. The second-order valence-corrected chi connectivity index (χ2v) is 6.54. The van der Waals surface area contributed by atoms with Crippen molar-refractivity contribution in [1.82, 2.24) is 15.2 Å². The number of nitrogens with zero attached hydrogens (tertiary/aromatic N) is 2. The van der Waals surface area contributed by atoms with Gasteiger partial charge in [0.2, 0.25) is 0 Å². The summed E-state index contributed by atoms with van der Waals surface area (Å²) in [5, 5.41) is 15.8. The van der Waals surface area contributed by atoms with E-state index in [0.717, 1.165) is 0 Å². The minimum Gasteiger partial charge on any atom is -0.480 e. The van der Waals surface area contributed by atoms with Crippen LogP contribution in [0.15, 0.2) is 24.5 Å². The molecule has 0 aliphatic heterocycles. The number of benzene rings is 1. The number of nitrogens with one attached hydrogen (secondary N) is 1. The molecule has 1 aromatic heterocycles. The highest BCUT2D eigenvalue weighted by atomic mass is 19.1. The third kappa shape index (κ3) is 3.14. The fraction of sp³-hybridized carbons (Fsp3) is 0.400. The van der Waals surface area contributed by atoms with Crippen molar-refractivity contribution in [2.24, 2.45) is 11.1 Å². The van der Waals surface area contributed by atoms with Crippen LogP contribution in [0.25, 0.3) is 11.4 Å². The number of H-pyrrole nitrogens is 1. The van der Waals surface area contributed by atoms with Crippen molar-refractivity contribution in [3.05, 3.63) is 35.9 Å². The Morgan fingerprint density at radius 1 is 1.41 bits per heavy atom. The summed E-state index contributed by atoms with van der Waals surface area (Å²) in [6.07, 6.45) is 1.42. The number of carboxylic acids is 1. The van der Waals surface area contributed by atoms with Gasteiger partial charge in [0.1, 0.15) is 17.7 Å². The van der Waals surface area contributed by atoms with E-state index < -0.39 is 17.3 Å². The van der Waals surface area contributed by atoms with Crippen LogP contribution in [0.1, 0.15) is 32.8 Å². The van der Waals surface area contributed by atoms with Crippen molar-refractivity contribution in [2.75, 3.05) is 0 Å². The van der Waals surface area contributed by atoms with Gasteiger partial charge in [-0.05, 0) is 17.9 Å². The molecule has 2 rings (SSSR count). The zero-order valence-electron chi connectivity index (χ0n) is 12.7. The third-order valence-electron chi connectivity index (χ3n) is 3.33. The molecule has 1 heterocycles. The van der Waals surface area contributed by atoms with Crippen LogP contribution in [0.3, 0.4) is 0 Å². The van der Waals surface area contributed by atoms with Gasteiger partial charge >= 0.3 is 5.97 Å². The first-order valence-corrected chi connectivity index (χ1v) is 6.81. The predicted molar refractivity (Wildman–Crippen MR) is 79.3 cm³/mol. The van der Waals surface area contributed by atoms with Crippen LogP contribution >= 0.6 is 0 Å². The number of nitrogens with two attached hydrogens (primary N) is 1. The first-order valence-electron chi connectivity index (χ1n) is 6.81. The molecule has 4 N–H and O–H groups in total. The largest absolute Gasteiger partial charge is 0.480 e. The zero-order chi connectivity index (χ0) is 16.5. The van der Waals surface area contributed by atoms with Crippen molar-refractivity contribution >= 4 is 5.97 Å². The van der Waals surface area contributed by atoms with Crippen LogP contribution in [-0.2, 0) is 10.3 Å². The van der Waals surface area contributed by atoms with E-state index in [1.165, 1.54) is 18.5 Å². The number of aliphatic carboxylic acids is 1. The molecular weight excluding hydrogens is 287 g/mol. The fourth-order valence-corrected chi connectivity index (χ4v) is 2.49. The van der Waals surface area contributed by atoms with E-state index in [1.807, 2.05) is 20.8 Å². The lowest BCUT2D eigenvalue weighted by Gasteiger charge is -2.32. The van der Waals surface area contributed by atoms with Gasteiger partial charge in [-0.1, -0.05) is 32.9 Å². The Bertz CT molecular complexity index is 679. The summed E-state index contributed by atoms with van der Waals surface area (Å²) >= 11 is 0. The van der Waals surface area contributed by atoms with E-state index in [9.17, 15) is 14.3 Å². The molecule has 0 bridgehead atoms. The zero-order valence-corrected chi connectivity index (χ0v) is 12.7. The van der Waals surface area contributed by atoms with E-state index in [0.29, 0.717) is 11.4 Å². The van der Waals surface area contributed by atoms with Gasteiger partial charge in [-0.3, -0.25) is 5.10 Å². The minimum atomic E-state index is -1.79. The molecule has 0 fully saturated rings. The van der Waals surface area contributed by atoms with E-state index in [1.54, 1.807) is 6.07 Å². The monoisotopic (exact) mass is 306 g/mol. The second-order valence-electron chi connectivity index (χ2n) is 6.54. The standard InChI is InChI=1S/C15H19FN4O2/c1-14(2,3)7-15(17,13(21)22)10-5-4-9(6-11(10)16)12-18-8-19-20-12/h4-6,8H,7,17H2,1-3H3,(H,21,22)(H,18,19,20). The van der Waals surface area contributed by atoms with Crippen LogP contribution in [0.5, 0.6) is 0 Å². The smallest absolute Gasteiger partial charge is 0.328 e. The van der Waals surface area contributed by atoms with Crippen LogP contribution in [0.2, 0.25) is 0 Å². The Morgan fingerprint density at radius 3 is 2.55 bits per heavy atom. The van der Waals surface area contributed by atoms with Crippen molar-refractivity contribution in [3.63, 3.8) is 0 Å². The van der Waals surface area contributed by atoms with Crippen molar-refractivity contribution < 1.29 is 14.3 Å². The lowest BCUT2D eigenvalue weighted by molar-refractivity contribution is -0.145. The van der Waals surface area contributed by atoms with E-state index in [-0.39, 0.29) is 17.4 Å². The second kappa shape index (κ2) is 5.49. The first-order chi connectivity index (χ1) is 10.1. The normalized spacial score (nSPS) is 14.6. The predicted octanol–water partition coefficient (Wildman–Crippen LogP) is 2.29. The average Bonchev–Trinajstić information content (AvgIpc) is 2.89. The van der Waals surface area contributed by atoms with Crippen LogP contribution < -0.4 is 5.73 Å². The van der Waals surface area contributed by atoms with Crippen LogP contribution in [-0.4, -0.2) is 26.3 Å². The Balaban J connectivity index is 2.47. The number of aromatic amines is 1. The molecular formula is C15H19FN4O2. The van der Waals surface area contributed by atoms with Gasteiger partial charge in [0, 0.05) is 11.1 Å². The summed E-state index contributed by atoms with van der Waals surface area (Å²) in [4.78, 5) is 15.6. The fourth-order valence-electron chi connectivity index (χ4n) is 2.49. The summed E-state index contributed by atoms with van der Waals surface area (Å²) in [7, 11) is 0. The molecule has 0 saturated carbocycles. The molecule has 0 amide bonds. The van der Waals surface area contributed by atoms with Gasteiger partial charge in [0.25, 0.3) is 0 Å². The Labute approximate surface area is 127 Å². The lowest BCUT2D eigenvalue weighted by atomic mass is 9.76. The topological polar surface area (TPSA) is 105 Å². The molecule has 1 atom stereocenters. The molecule has 22 heavy (non-hydrogen) atoms. The van der Waals surface area contributed by atoms with Gasteiger partial charge in [0.05, 0.1) is 0 Å².